The number of nitrogens with zero attached hydrogens (tertiary/aromatic N) is 2. The van der Waals surface area contributed by atoms with Crippen LogP contribution in [0.15, 0.2) is 59.6 Å². The predicted octanol–water partition coefficient (Wildman–Crippen LogP) is 4.04. The fraction of sp³-hybridized carbons (Fsp3) is 0.136. The molecule has 2 aromatic carbocycles. The molecule has 6 nitrogen and oxygen atoms in total. The number of carbonyl (C=O) groups is 3. The number of benzene rings is 2. The topological polar surface area (TPSA) is 68.6 Å². The summed E-state index contributed by atoms with van der Waals surface area (Å²) in [4.78, 5) is 37.4. The number of fused-ring (bicyclic) bond motifs is 1. The molecule has 0 unspecified atom stereocenters. The number of rotatable bonds is 5. The summed E-state index contributed by atoms with van der Waals surface area (Å²) in [6, 6.07) is 14.0. The summed E-state index contributed by atoms with van der Waals surface area (Å²) in [5.74, 6) is -1.47. The van der Waals surface area contributed by atoms with Crippen molar-refractivity contribution in [3.8, 4) is 0 Å². The quantitative estimate of drug-likeness (QED) is 0.457. The lowest BCUT2D eigenvalue weighted by atomic mass is 10.1. The molecule has 3 aromatic rings. The Labute approximate surface area is 175 Å². The van der Waals surface area contributed by atoms with E-state index in [1.54, 1.807) is 18.2 Å². The van der Waals surface area contributed by atoms with E-state index in [0.29, 0.717) is 6.54 Å². The van der Waals surface area contributed by atoms with Crippen LogP contribution in [0.3, 0.4) is 0 Å². The van der Waals surface area contributed by atoms with E-state index in [1.807, 2.05) is 35.0 Å². The Morgan fingerprint density at radius 1 is 1.13 bits per heavy atom. The molecular formula is C22H17FN2O4S. The van der Waals surface area contributed by atoms with Gasteiger partial charge >= 0.3 is 5.97 Å². The summed E-state index contributed by atoms with van der Waals surface area (Å²) < 4.78 is 19.8. The smallest absolute Gasteiger partial charge is 0.325 e. The van der Waals surface area contributed by atoms with Gasteiger partial charge in [-0.3, -0.25) is 19.3 Å². The van der Waals surface area contributed by atoms with Gasteiger partial charge in [0.05, 0.1) is 12.0 Å². The first kappa shape index (κ1) is 19.9. The molecular weight excluding hydrogens is 407 g/mol. The zero-order valence-electron chi connectivity index (χ0n) is 16.0. The predicted molar refractivity (Wildman–Crippen MR) is 112 cm³/mol. The molecule has 4 rings (SSSR count). The second-order valence-corrected chi connectivity index (χ2v) is 7.69. The molecule has 1 aromatic heterocycles. The van der Waals surface area contributed by atoms with Crippen molar-refractivity contribution in [2.75, 3.05) is 13.7 Å². The van der Waals surface area contributed by atoms with Crippen molar-refractivity contribution in [1.82, 2.24) is 9.47 Å². The Morgan fingerprint density at radius 2 is 1.87 bits per heavy atom. The average Bonchev–Trinajstić information content (AvgIpc) is 3.22. The van der Waals surface area contributed by atoms with E-state index in [2.05, 4.69) is 4.74 Å². The van der Waals surface area contributed by atoms with Crippen molar-refractivity contribution in [2.45, 2.75) is 6.54 Å². The van der Waals surface area contributed by atoms with Gasteiger partial charge in [0, 0.05) is 29.2 Å². The molecule has 1 saturated heterocycles. The van der Waals surface area contributed by atoms with Gasteiger partial charge in [-0.2, -0.15) is 0 Å². The van der Waals surface area contributed by atoms with Gasteiger partial charge in [0.1, 0.15) is 12.4 Å². The third kappa shape index (κ3) is 3.86. The van der Waals surface area contributed by atoms with Gasteiger partial charge in [-0.05, 0) is 41.6 Å². The maximum atomic E-state index is 13.2. The molecule has 2 amide bonds. The number of carbonyl (C=O) groups excluding carboxylic acids is 3. The van der Waals surface area contributed by atoms with Crippen molar-refractivity contribution >= 4 is 45.9 Å². The fourth-order valence-electron chi connectivity index (χ4n) is 3.28. The first-order chi connectivity index (χ1) is 14.5. The number of halogens is 1. The van der Waals surface area contributed by atoms with Gasteiger partial charge in [-0.25, -0.2) is 4.39 Å². The summed E-state index contributed by atoms with van der Waals surface area (Å²) in [7, 11) is 1.20. The summed E-state index contributed by atoms with van der Waals surface area (Å²) in [5.41, 5.74) is 2.65. The van der Waals surface area contributed by atoms with Gasteiger partial charge in [-0.1, -0.05) is 30.3 Å². The van der Waals surface area contributed by atoms with Gasteiger partial charge in [-0.15, -0.1) is 0 Å². The lowest BCUT2D eigenvalue weighted by Crippen LogP contribution is -2.34. The first-order valence-electron chi connectivity index (χ1n) is 9.11. The Hall–Kier alpha value is -3.39. The lowest BCUT2D eigenvalue weighted by Gasteiger charge is -2.09. The van der Waals surface area contributed by atoms with Crippen molar-refractivity contribution in [1.29, 1.82) is 0 Å². The van der Waals surface area contributed by atoms with Crippen LogP contribution in [0.4, 0.5) is 9.18 Å². The minimum atomic E-state index is -0.658. The summed E-state index contributed by atoms with van der Waals surface area (Å²) in [5, 5.41) is 0.408. The average molecular weight is 424 g/mol. The number of aromatic nitrogens is 1. The van der Waals surface area contributed by atoms with Crippen LogP contribution in [0.25, 0.3) is 17.0 Å². The summed E-state index contributed by atoms with van der Waals surface area (Å²) in [6.45, 7) is 0.114. The van der Waals surface area contributed by atoms with E-state index in [-0.39, 0.29) is 10.7 Å². The molecule has 8 heteroatoms. The van der Waals surface area contributed by atoms with Crippen molar-refractivity contribution in [3.63, 3.8) is 0 Å². The maximum Gasteiger partial charge on any atom is 0.325 e. The Bertz CT molecular complexity index is 1180. The van der Waals surface area contributed by atoms with Gasteiger partial charge in [0.2, 0.25) is 0 Å². The van der Waals surface area contributed by atoms with E-state index >= 15 is 0 Å². The zero-order chi connectivity index (χ0) is 21.3. The number of imide groups is 1. The zero-order valence-corrected chi connectivity index (χ0v) is 16.8. The number of thioether (sulfide) groups is 1. The van der Waals surface area contributed by atoms with Gasteiger partial charge in [0.25, 0.3) is 11.1 Å². The molecule has 0 bridgehead atoms. The lowest BCUT2D eigenvalue weighted by molar-refractivity contribution is -0.143. The molecule has 0 spiro atoms. The summed E-state index contributed by atoms with van der Waals surface area (Å²) in [6.07, 6.45) is 3.55. The standard InChI is InChI=1S/C22H17FN2O4S/c1-29-20(26)13-25-21(27)19(30-22(25)28)10-15-12-24(18-5-3-2-4-17(15)18)11-14-6-8-16(23)9-7-14/h2-10,12H,11,13H2,1H3. The Morgan fingerprint density at radius 3 is 2.60 bits per heavy atom. The largest absolute Gasteiger partial charge is 0.468 e. The highest BCUT2D eigenvalue weighted by molar-refractivity contribution is 8.18. The van der Waals surface area contributed by atoms with E-state index in [0.717, 1.165) is 38.7 Å². The van der Waals surface area contributed by atoms with Crippen molar-refractivity contribution in [2.24, 2.45) is 0 Å². The minimum Gasteiger partial charge on any atom is -0.468 e. The molecule has 1 fully saturated rings. The van der Waals surface area contributed by atoms with Gasteiger partial charge in [0.15, 0.2) is 0 Å². The minimum absolute atomic E-state index is 0.244. The van der Waals surface area contributed by atoms with Crippen LogP contribution in [0.2, 0.25) is 0 Å². The number of esters is 1. The number of methoxy groups -OCH3 is 1. The van der Waals surface area contributed by atoms with E-state index in [9.17, 15) is 18.8 Å². The molecule has 0 N–H and O–H groups in total. The fourth-order valence-corrected chi connectivity index (χ4v) is 4.11. The summed E-state index contributed by atoms with van der Waals surface area (Å²) >= 11 is 0.792. The van der Waals surface area contributed by atoms with Crippen LogP contribution in [0, 0.1) is 5.82 Å². The molecule has 0 radical (unpaired) electrons. The normalized spacial score (nSPS) is 15.4. The second-order valence-electron chi connectivity index (χ2n) is 6.70. The molecule has 152 valence electrons. The highest BCUT2D eigenvalue weighted by Gasteiger charge is 2.36. The molecule has 0 aliphatic carbocycles. The van der Waals surface area contributed by atoms with Crippen LogP contribution in [0.5, 0.6) is 0 Å². The van der Waals surface area contributed by atoms with E-state index < -0.39 is 23.7 Å². The maximum absolute atomic E-state index is 13.2. The van der Waals surface area contributed by atoms with Crippen LogP contribution < -0.4 is 0 Å². The molecule has 30 heavy (non-hydrogen) atoms. The highest BCUT2D eigenvalue weighted by atomic mass is 32.2. The van der Waals surface area contributed by atoms with Crippen molar-refractivity contribution < 1.29 is 23.5 Å². The highest BCUT2D eigenvalue weighted by Crippen LogP contribution is 2.34. The molecule has 2 heterocycles. The Balaban J connectivity index is 1.68. The number of para-hydroxylation sites is 1. The monoisotopic (exact) mass is 424 g/mol. The number of hydrogen-bond acceptors (Lipinski definition) is 5. The van der Waals surface area contributed by atoms with Crippen LogP contribution in [-0.2, 0) is 20.9 Å². The first-order valence-corrected chi connectivity index (χ1v) is 9.92. The second kappa shape index (κ2) is 8.16. The number of ether oxygens (including phenoxy) is 1. The third-order valence-electron chi connectivity index (χ3n) is 4.76. The number of amides is 2. The van der Waals surface area contributed by atoms with Crippen LogP contribution in [0.1, 0.15) is 11.1 Å². The van der Waals surface area contributed by atoms with Crippen LogP contribution >= 0.6 is 11.8 Å². The van der Waals surface area contributed by atoms with Crippen LogP contribution in [-0.4, -0.2) is 40.2 Å². The third-order valence-corrected chi connectivity index (χ3v) is 5.67. The molecule has 1 aliphatic rings. The molecule has 1 aliphatic heterocycles. The number of hydrogen-bond donors (Lipinski definition) is 0. The Kier molecular flexibility index (Phi) is 5.41. The van der Waals surface area contributed by atoms with Gasteiger partial charge < -0.3 is 9.30 Å². The van der Waals surface area contributed by atoms with Crippen molar-refractivity contribution in [3.05, 3.63) is 76.6 Å². The SMILES string of the molecule is COC(=O)CN1C(=O)SC(=Cc2cn(Cc3ccc(F)cc3)c3ccccc23)C1=O. The molecule has 0 atom stereocenters. The van der Waals surface area contributed by atoms with E-state index in [4.69, 9.17) is 0 Å². The van der Waals surface area contributed by atoms with E-state index in [1.165, 1.54) is 19.2 Å². The molecule has 0 saturated carbocycles.